The van der Waals surface area contributed by atoms with Crippen molar-refractivity contribution >= 4 is 44.1 Å². The molecule has 3 amide bonds. The van der Waals surface area contributed by atoms with E-state index in [0.29, 0.717) is 11.2 Å². The normalized spacial score (nSPS) is 14.5. The number of amides is 3. The highest BCUT2D eigenvalue weighted by atomic mass is 32.2. The van der Waals surface area contributed by atoms with Gasteiger partial charge in [0.15, 0.2) is 0 Å². The minimum Gasteiger partial charge on any atom is -0.322 e. The molecule has 1 unspecified atom stereocenters. The lowest BCUT2D eigenvalue weighted by Crippen LogP contribution is -2.48. The highest BCUT2D eigenvalue weighted by Gasteiger charge is 2.42. The van der Waals surface area contributed by atoms with Crippen LogP contribution in [0.1, 0.15) is 27.1 Å². The fraction of sp³-hybridized carbons (Fsp3) is 0.182. The molecule has 1 atom stereocenters. The fourth-order valence-electron chi connectivity index (χ4n) is 3.62. The number of carbonyl (C=O) groups excluding carboxylic acids is 3. The van der Waals surface area contributed by atoms with Gasteiger partial charge in [-0.15, -0.1) is 0 Å². The molecular formula is C22H19N3O5S. The Labute approximate surface area is 178 Å². The zero-order valence-corrected chi connectivity index (χ0v) is 17.4. The number of rotatable bonds is 6. The SMILES string of the molecule is CS(=O)(=O)CCC(C(=O)Nc1cccc2cccnc12)N1C(=O)c2ccccc2C1=O. The maximum atomic E-state index is 13.2. The minimum atomic E-state index is -3.43. The number of hydrogen-bond donors (Lipinski definition) is 1. The average Bonchev–Trinajstić information content (AvgIpc) is 2.99. The summed E-state index contributed by atoms with van der Waals surface area (Å²) in [4.78, 5) is 44.2. The minimum absolute atomic E-state index is 0.191. The van der Waals surface area contributed by atoms with Gasteiger partial charge in [0.1, 0.15) is 15.9 Å². The molecule has 1 aliphatic rings. The van der Waals surface area contributed by atoms with Gasteiger partial charge in [-0.05, 0) is 30.7 Å². The zero-order valence-electron chi connectivity index (χ0n) is 16.6. The van der Waals surface area contributed by atoms with E-state index in [2.05, 4.69) is 10.3 Å². The van der Waals surface area contributed by atoms with Crippen molar-refractivity contribution in [2.75, 3.05) is 17.3 Å². The van der Waals surface area contributed by atoms with Crippen LogP contribution in [-0.2, 0) is 14.6 Å². The summed E-state index contributed by atoms with van der Waals surface area (Å²) in [6, 6.07) is 13.8. The van der Waals surface area contributed by atoms with Crippen LogP contribution in [0.15, 0.2) is 60.8 Å². The predicted octanol–water partition coefficient (Wildman–Crippen LogP) is 2.27. The van der Waals surface area contributed by atoms with Crippen molar-refractivity contribution in [3.05, 3.63) is 71.9 Å². The summed E-state index contributed by atoms with van der Waals surface area (Å²) in [7, 11) is -3.43. The van der Waals surface area contributed by atoms with Crippen molar-refractivity contribution in [2.24, 2.45) is 0 Å². The molecule has 31 heavy (non-hydrogen) atoms. The summed E-state index contributed by atoms with van der Waals surface area (Å²) in [5, 5.41) is 3.52. The fourth-order valence-corrected chi connectivity index (χ4v) is 4.27. The Kier molecular flexibility index (Phi) is 5.28. The molecule has 1 aromatic heterocycles. The predicted molar refractivity (Wildman–Crippen MR) is 115 cm³/mol. The van der Waals surface area contributed by atoms with E-state index in [1.165, 1.54) is 12.1 Å². The van der Waals surface area contributed by atoms with Crippen LogP contribution < -0.4 is 5.32 Å². The third-order valence-electron chi connectivity index (χ3n) is 5.09. The van der Waals surface area contributed by atoms with Gasteiger partial charge < -0.3 is 5.32 Å². The number of para-hydroxylation sites is 1. The van der Waals surface area contributed by atoms with Gasteiger partial charge >= 0.3 is 0 Å². The molecule has 0 bridgehead atoms. The number of carbonyl (C=O) groups is 3. The molecule has 0 fully saturated rings. The van der Waals surface area contributed by atoms with Gasteiger partial charge in [-0.3, -0.25) is 24.3 Å². The molecule has 158 valence electrons. The third kappa shape index (κ3) is 4.04. The number of sulfone groups is 1. The number of nitrogens with one attached hydrogen (secondary N) is 1. The van der Waals surface area contributed by atoms with Crippen LogP contribution in [0.4, 0.5) is 5.69 Å². The quantitative estimate of drug-likeness (QED) is 0.592. The number of hydrogen-bond acceptors (Lipinski definition) is 6. The number of imide groups is 1. The summed E-state index contributed by atoms with van der Waals surface area (Å²) < 4.78 is 23.5. The monoisotopic (exact) mass is 437 g/mol. The van der Waals surface area contributed by atoms with Gasteiger partial charge in [-0.2, -0.15) is 0 Å². The Hall–Kier alpha value is -3.59. The molecule has 9 heteroatoms. The topological polar surface area (TPSA) is 114 Å². The van der Waals surface area contributed by atoms with Crippen molar-refractivity contribution in [3.63, 3.8) is 0 Å². The summed E-state index contributed by atoms with van der Waals surface area (Å²) >= 11 is 0. The highest BCUT2D eigenvalue weighted by molar-refractivity contribution is 7.90. The Balaban J connectivity index is 1.69. The van der Waals surface area contributed by atoms with Crippen molar-refractivity contribution in [1.29, 1.82) is 0 Å². The Morgan fingerprint density at radius 3 is 2.29 bits per heavy atom. The maximum Gasteiger partial charge on any atom is 0.262 e. The molecule has 0 spiro atoms. The summed E-state index contributed by atoms with van der Waals surface area (Å²) in [6.45, 7) is 0. The molecule has 8 nitrogen and oxygen atoms in total. The molecule has 0 radical (unpaired) electrons. The van der Waals surface area contributed by atoms with Crippen molar-refractivity contribution in [3.8, 4) is 0 Å². The first kappa shape index (κ1) is 20.7. The molecule has 3 aromatic rings. The van der Waals surface area contributed by atoms with E-state index in [1.807, 2.05) is 12.1 Å². The second-order valence-corrected chi connectivity index (χ2v) is 9.59. The van der Waals surface area contributed by atoms with Crippen LogP contribution in [0.5, 0.6) is 0 Å². The second kappa shape index (κ2) is 7.92. The van der Waals surface area contributed by atoms with Gasteiger partial charge in [-0.25, -0.2) is 8.42 Å². The molecule has 1 N–H and O–H groups in total. The molecule has 1 aliphatic heterocycles. The highest BCUT2D eigenvalue weighted by Crippen LogP contribution is 2.27. The molecule has 0 saturated carbocycles. The third-order valence-corrected chi connectivity index (χ3v) is 6.07. The van der Waals surface area contributed by atoms with Crippen molar-refractivity contribution < 1.29 is 22.8 Å². The second-order valence-electron chi connectivity index (χ2n) is 7.33. The van der Waals surface area contributed by atoms with E-state index in [0.717, 1.165) is 16.5 Å². The van der Waals surface area contributed by atoms with Crippen molar-refractivity contribution in [2.45, 2.75) is 12.5 Å². The lowest BCUT2D eigenvalue weighted by atomic mass is 10.1. The van der Waals surface area contributed by atoms with Crippen LogP contribution in [0.2, 0.25) is 0 Å². The van der Waals surface area contributed by atoms with Gasteiger partial charge in [-0.1, -0.05) is 30.3 Å². The van der Waals surface area contributed by atoms with Gasteiger partial charge in [0.25, 0.3) is 11.8 Å². The standard InChI is InChI=1S/C22H19N3O5S/c1-31(29,30)13-11-18(25-21(27)15-8-2-3-9-16(15)22(25)28)20(26)24-17-10-4-6-14-7-5-12-23-19(14)17/h2-10,12,18H,11,13H2,1H3,(H,24,26). The molecule has 2 heterocycles. The van der Waals surface area contributed by atoms with Crippen molar-refractivity contribution in [1.82, 2.24) is 9.88 Å². The number of nitrogens with zero attached hydrogens (tertiary/aromatic N) is 2. The summed E-state index contributed by atoms with van der Waals surface area (Å²) in [6.07, 6.45) is 2.41. The number of fused-ring (bicyclic) bond motifs is 2. The Morgan fingerprint density at radius 2 is 1.65 bits per heavy atom. The zero-order chi connectivity index (χ0) is 22.2. The number of anilines is 1. The van der Waals surface area contributed by atoms with E-state index in [-0.39, 0.29) is 23.3 Å². The number of aromatic nitrogens is 1. The van der Waals surface area contributed by atoms with Crippen LogP contribution >= 0.6 is 0 Å². The lowest BCUT2D eigenvalue weighted by molar-refractivity contribution is -0.120. The van der Waals surface area contributed by atoms with Crippen LogP contribution in [0.3, 0.4) is 0 Å². The van der Waals surface area contributed by atoms with Gasteiger partial charge in [0.05, 0.1) is 28.1 Å². The van der Waals surface area contributed by atoms with E-state index in [1.54, 1.807) is 36.5 Å². The molecule has 4 rings (SSSR count). The van der Waals surface area contributed by atoms with E-state index in [4.69, 9.17) is 0 Å². The van der Waals surface area contributed by atoms with Crippen LogP contribution in [0, 0.1) is 0 Å². The largest absolute Gasteiger partial charge is 0.322 e. The maximum absolute atomic E-state index is 13.2. The smallest absolute Gasteiger partial charge is 0.262 e. The lowest BCUT2D eigenvalue weighted by Gasteiger charge is -2.25. The molecule has 0 saturated heterocycles. The van der Waals surface area contributed by atoms with Crippen LogP contribution in [0.25, 0.3) is 10.9 Å². The molecular weight excluding hydrogens is 418 g/mol. The first-order chi connectivity index (χ1) is 14.8. The average molecular weight is 437 g/mol. The molecule has 2 aromatic carbocycles. The van der Waals surface area contributed by atoms with E-state index < -0.39 is 33.6 Å². The first-order valence-corrected chi connectivity index (χ1v) is 11.6. The number of benzene rings is 2. The van der Waals surface area contributed by atoms with Gasteiger partial charge in [0, 0.05) is 17.8 Å². The summed E-state index contributed by atoms with van der Waals surface area (Å²) in [5.74, 6) is -2.25. The number of pyridine rings is 1. The summed E-state index contributed by atoms with van der Waals surface area (Å²) in [5.41, 5.74) is 1.33. The van der Waals surface area contributed by atoms with Gasteiger partial charge in [0.2, 0.25) is 5.91 Å². The van der Waals surface area contributed by atoms with E-state index >= 15 is 0 Å². The Bertz CT molecular complexity index is 1280. The van der Waals surface area contributed by atoms with Crippen LogP contribution in [-0.4, -0.2) is 54.1 Å². The Morgan fingerprint density at radius 1 is 1.00 bits per heavy atom. The molecule has 0 aliphatic carbocycles. The first-order valence-electron chi connectivity index (χ1n) is 9.55. The van der Waals surface area contributed by atoms with E-state index in [9.17, 15) is 22.8 Å².